The summed E-state index contributed by atoms with van der Waals surface area (Å²) < 4.78 is 86.3. The van der Waals surface area contributed by atoms with E-state index in [2.05, 4.69) is 209 Å². The highest BCUT2D eigenvalue weighted by molar-refractivity contribution is 5.87. The van der Waals surface area contributed by atoms with Gasteiger partial charge in [0.25, 0.3) is 6.29 Å². The Morgan fingerprint density at radius 3 is 0.926 bits per heavy atom. The van der Waals surface area contributed by atoms with Gasteiger partial charge in [-0.15, -0.1) is 0 Å². The van der Waals surface area contributed by atoms with E-state index >= 15 is 0 Å². The lowest BCUT2D eigenvalue weighted by atomic mass is 9.87. The minimum atomic E-state index is -0.488. The summed E-state index contributed by atoms with van der Waals surface area (Å²) >= 11 is 0. The number of methoxy groups -OCH3 is 3. The highest BCUT2D eigenvalue weighted by Gasteiger charge is 2.20. The fourth-order valence-electron chi connectivity index (χ4n) is 15.9. The average molecular weight is 1840 g/mol. The number of hydrogen-bond donors (Lipinski definition) is 0. The maximum Gasteiger partial charge on any atom is 0.267 e. The zero-order chi connectivity index (χ0) is 96.2. The fourth-order valence-corrected chi connectivity index (χ4v) is 15.9. The SMILES string of the molecule is CCC(C)c1ccc(OC(Oc2ccccc2)c2ccccc2)cc1.CCC(C)c1ccc2cc(OC(C)OCCC3CCCCC3)ccc2c1.CCC(C)c1ccc2cc(OC(C)OCCOCCOc3ccccc3)ccc2c1.CCC(C)c1ccc2cc(OC(C)OCCOc3cc(OC)cc(OC)c3)ccc2c1.CCC(C)c1ccc2cc(OC(OC)c3ccccc3)ccc2c1. The number of ether oxygens (including phenoxy) is 15. The van der Waals surface area contributed by atoms with Crippen LogP contribution < -0.4 is 47.4 Å². The highest BCUT2D eigenvalue weighted by atomic mass is 16.7. The molecule has 136 heavy (non-hydrogen) atoms. The number of para-hydroxylation sites is 2. The summed E-state index contributed by atoms with van der Waals surface area (Å²) in [5.74, 6) is 11.5. The van der Waals surface area contributed by atoms with Gasteiger partial charge < -0.3 is 71.1 Å². The second-order valence-corrected chi connectivity index (χ2v) is 35.2. The van der Waals surface area contributed by atoms with Crippen molar-refractivity contribution in [3.05, 3.63) is 348 Å². The van der Waals surface area contributed by atoms with E-state index in [4.69, 9.17) is 71.1 Å². The van der Waals surface area contributed by atoms with E-state index in [1.807, 2.05) is 185 Å². The number of fused-ring (bicyclic) bond motifs is 4. The molecule has 10 unspecified atom stereocenters. The molecule has 1 aliphatic carbocycles. The first-order valence-corrected chi connectivity index (χ1v) is 49.2. The summed E-state index contributed by atoms with van der Waals surface area (Å²) in [4.78, 5) is 0. The molecule has 15 heteroatoms. The second kappa shape index (κ2) is 56.4. The first-order chi connectivity index (χ1) is 66.3. The Morgan fingerprint density at radius 1 is 0.235 bits per heavy atom. The van der Waals surface area contributed by atoms with Gasteiger partial charge in [-0.1, -0.05) is 308 Å². The van der Waals surface area contributed by atoms with Crippen LogP contribution in [0.5, 0.6) is 57.5 Å². The highest BCUT2D eigenvalue weighted by Crippen LogP contribution is 2.37. The lowest BCUT2D eigenvalue weighted by Gasteiger charge is -2.22. The molecule has 1 aliphatic rings. The molecule has 1 saturated carbocycles. The average Bonchev–Trinajstić information content (AvgIpc) is 0.818. The Balaban J connectivity index is 0.000000164. The van der Waals surface area contributed by atoms with Gasteiger partial charge in [0, 0.05) is 36.4 Å². The van der Waals surface area contributed by atoms with Crippen LogP contribution in [0.3, 0.4) is 0 Å². The normalized spacial score (nSPS) is 14.1. The standard InChI is InChI=1S/C26H32O5.C26H32O4.C24H34O2.C23H24O2.C22H24O2/c1-6-18(2)20-7-8-22-14-23(10-9-21(22)13-20)31-19(3)29-11-12-30-26-16-24(27-4)15-25(17-26)28-5;1-4-20(2)22-10-11-24-19-26(13-12-23(24)18-22)30-21(3)28-16-14-27-15-17-29-25-8-6-5-7-9-25;1-4-18(2)21-10-11-23-17-24(13-12-22(23)16-21)26-19(3)25-15-14-20-8-6-5-7-9-20;1-3-18(2)19-14-16-22(17-15-19)25-23(20-10-6-4-7-11-20)24-21-12-8-5-9-13-21;1-4-16(2)18-10-11-20-15-21(13-12-19(20)14-18)24-22(23-3)17-8-6-5-7-9-17/h7-10,13-19H,6,11-12H2,1-5H3;5-13,18-21H,4,14-17H2,1-3H3;10-13,16-20H,4-9,14-15H2,1-3H3;4-18,23H,3H2,1-2H3;5-16,22H,4H2,1-3H3. The molecule has 1 fully saturated rings. The number of rotatable bonds is 44. The Bertz CT molecular complexity index is 5730. The van der Waals surface area contributed by atoms with E-state index in [-0.39, 0.29) is 18.9 Å². The van der Waals surface area contributed by atoms with Gasteiger partial charge in [-0.3, -0.25) is 0 Å². The third-order valence-electron chi connectivity index (χ3n) is 25.3. The van der Waals surface area contributed by atoms with Crippen molar-refractivity contribution in [1.82, 2.24) is 0 Å². The molecule has 720 valence electrons. The second-order valence-electron chi connectivity index (χ2n) is 35.2. The zero-order valence-corrected chi connectivity index (χ0v) is 83.1. The first-order valence-electron chi connectivity index (χ1n) is 49.2. The molecule has 15 nitrogen and oxygen atoms in total. The van der Waals surface area contributed by atoms with Gasteiger partial charge in [-0.2, -0.15) is 0 Å². The van der Waals surface area contributed by atoms with E-state index in [0.717, 1.165) is 95.0 Å². The molecule has 0 radical (unpaired) electrons. The molecule has 0 amide bonds. The topological polar surface area (TPSA) is 138 Å². The summed E-state index contributed by atoms with van der Waals surface area (Å²) in [7, 11) is 4.88. The molecular formula is C121H146O15. The van der Waals surface area contributed by atoms with Crippen LogP contribution in [0, 0.1) is 5.92 Å². The lowest BCUT2D eigenvalue weighted by Crippen LogP contribution is -2.19. The van der Waals surface area contributed by atoms with Crippen LogP contribution in [0.2, 0.25) is 0 Å². The molecule has 15 rings (SSSR count). The van der Waals surface area contributed by atoms with E-state index in [0.29, 0.717) is 86.5 Å². The van der Waals surface area contributed by atoms with Gasteiger partial charge in [0.1, 0.15) is 70.7 Å². The Kier molecular flexibility index (Phi) is 43.3. The van der Waals surface area contributed by atoms with Crippen molar-refractivity contribution in [2.75, 3.05) is 67.6 Å². The maximum atomic E-state index is 6.15. The van der Waals surface area contributed by atoms with Crippen molar-refractivity contribution in [2.45, 2.75) is 222 Å². The summed E-state index contributed by atoms with van der Waals surface area (Å²) in [5, 5.41) is 9.72. The van der Waals surface area contributed by atoms with Crippen molar-refractivity contribution < 1.29 is 71.1 Å². The van der Waals surface area contributed by atoms with Gasteiger partial charge in [0.2, 0.25) is 6.29 Å². The van der Waals surface area contributed by atoms with Gasteiger partial charge in [0.15, 0.2) is 18.9 Å². The van der Waals surface area contributed by atoms with Gasteiger partial charge >= 0.3 is 0 Å². The molecule has 14 aromatic carbocycles. The smallest absolute Gasteiger partial charge is 0.267 e. The van der Waals surface area contributed by atoms with E-state index in [9.17, 15) is 0 Å². The first kappa shape index (κ1) is 104. The zero-order valence-electron chi connectivity index (χ0n) is 83.1. The third kappa shape index (κ3) is 34.0. The van der Waals surface area contributed by atoms with Crippen LogP contribution in [-0.4, -0.2) is 86.4 Å². The number of hydrogen-bond acceptors (Lipinski definition) is 15. The fraction of sp³-hybridized carbons (Fsp3) is 0.372. The van der Waals surface area contributed by atoms with Crippen LogP contribution in [0.25, 0.3) is 43.1 Å². The van der Waals surface area contributed by atoms with Crippen LogP contribution in [0.15, 0.2) is 309 Å². The van der Waals surface area contributed by atoms with Gasteiger partial charge in [0.05, 0.1) is 47.3 Å². The Morgan fingerprint density at radius 2 is 0.529 bits per heavy atom. The van der Waals surface area contributed by atoms with Crippen LogP contribution in [-0.2, 0) is 23.7 Å². The minimum Gasteiger partial charge on any atom is -0.496 e. The van der Waals surface area contributed by atoms with Crippen LogP contribution >= 0.6 is 0 Å². The van der Waals surface area contributed by atoms with Crippen molar-refractivity contribution in [2.24, 2.45) is 5.92 Å². The predicted molar refractivity (Wildman–Crippen MR) is 557 cm³/mol. The molecule has 0 bridgehead atoms. The summed E-state index contributed by atoms with van der Waals surface area (Å²) in [6.07, 6.45) is 12.0. The quantitative estimate of drug-likeness (QED) is 0.0264. The van der Waals surface area contributed by atoms with Crippen molar-refractivity contribution in [3.63, 3.8) is 0 Å². The van der Waals surface area contributed by atoms with Crippen molar-refractivity contribution in [1.29, 1.82) is 0 Å². The Hall–Kier alpha value is -12.1. The third-order valence-corrected chi connectivity index (χ3v) is 25.3. The minimum absolute atomic E-state index is 0.199. The lowest BCUT2D eigenvalue weighted by molar-refractivity contribution is -0.0843. The van der Waals surface area contributed by atoms with E-state index < -0.39 is 12.6 Å². The van der Waals surface area contributed by atoms with Crippen molar-refractivity contribution >= 4 is 43.1 Å². The molecule has 14 aromatic rings. The molecule has 0 saturated heterocycles. The van der Waals surface area contributed by atoms with Crippen LogP contribution in [0.1, 0.15) is 242 Å². The summed E-state index contributed by atoms with van der Waals surface area (Å²) in [5.41, 5.74) is 8.86. The Labute approximate surface area is 810 Å². The molecule has 0 aliphatic heterocycles. The predicted octanol–water partition coefficient (Wildman–Crippen LogP) is 31.9. The van der Waals surface area contributed by atoms with Crippen LogP contribution in [0.4, 0.5) is 0 Å². The van der Waals surface area contributed by atoms with Crippen molar-refractivity contribution in [3.8, 4) is 57.5 Å². The number of benzene rings is 14. The van der Waals surface area contributed by atoms with Gasteiger partial charge in [-0.25, -0.2) is 0 Å². The largest absolute Gasteiger partial charge is 0.496 e. The maximum absolute atomic E-state index is 6.15. The summed E-state index contributed by atoms with van der Waals surface area (Å²) in [6.45, 7) is 31.8. The van der Waals surface area contributed by atoms with Gasteiger partial charge in [-0.05, 0) is 251 Å². The van der Waals surface area contributed by atoms with E-state index in [1.54, 1.807) is 27.4 Å². The monoisotopic (exact) mass is 1840 g/mol. The molecule has 0 N–H and O–H groups in total. The summed E-state index contributed by atoms with van der Waals surface area (Å²) in [6, 6.07) is 105. The van der Waals surface area contributed by atoms with E-state index in [1.165, 1.54) is 110 Å². The molecule has 0 spiro atoms. The molecule has 10 atom stereocenters. The molecule has 0 heterocycles. The molecular weight excluding hydrogens is 1690 g/mol. The molecule has 0 aromatic heterocycles.